The fourth-order valence-electron chi connectivity index (χ4n) is 4.72. The van der Waals surface area contributed by atoms with Crippen molar-refractivity contribution in [2.24, 2.45) is 0 Å². The number of esters is 1. The highest BCUT2D eigenvalue weighted by atomic mass is 16.5. The van der Waals surface area contributed by atoms with E-state index in [4.69, 9.17) is 18.9 Å². The Hall–Kier alpha value is -3.92. The van der Waals surface area contributed by atoms with Gasteiger partial charge in [0.25, 0.3) is 0 Å². The normalized spacial score (nSPS) is 15.9. The third kappa shape index (κ3) is 5.59. The number of carbonyl (C=O) groups excluding carboxylic acids is 2. The van der Waals surface area contributed by atoms with E-state index in [1.807, 2.05) is 12.1 Å². The summed E-state index contributed by atoms with van der Waals surface area (Å²) in [5.74, 6) is 1.05. The van der Waals surface area contributed by atoms with Crippen LogP contribution in [0.3, 0.4) is 0 Å². The fraction of sp³-hybridized carbons (Fsp3) is 0.407. The smallest absolute Gasteiger partial charge is 0.356 e. The van der Waals surface area contributed by atoms with E-state index < -0.39 is 5.97 Å². The Labute approximate surface area is 216 Å². The monoisotopic (exact) mass is 510 g/mol. The van der Waals surface area contributed by atoms with E-state index in [2.05, 4.69) is 39.2 Å². The zero-order valence-electron chi connectivity index (χ0n) is 21.9. The van der Waals surface area contributed by atoms with Gasteiger partial charge in [-0.2, -0.15) is 0 Å². The molecule has 37 heavy (non-hydrogen) atoms. The molecule has 1 saturated heterocycles. The third-order valence-electron chi connectivity index (χ3n) is 6.53. The number of benzene rings is 2. The maximum Gasteiger partial charge on any atom is 0.356 e. The molecule has 1 aliphatic heterocycles. The number of methoxy groups -OCH3 is 3. The summed E-state index contributed by atoms with van der Waals surface area (Å²) in [4.78, 5) is 33.3. The number of ether oxygens (including phenoxy) is 4. The molecule has 0 saturated carbocycles. The number of carbonyl (C=O) groups is 2. The van der Waals surface area contributed by atoms with Crippen LogP contribution in [0.2, 0.25) is 0 Å². The van der Waals surface area contributed by atoms with Crippen LogP contribution in [0.25, 0.3) is 10.9 Å². The minimum Gasteiger partial charge on any atom is -0.497 e. The minimum absolute atomic E-state index is 0.179. The lowest BCUT2D eigenvalue weighted by atomic mass is 10.1. The predicted octanol–water partition coefficient (Wildman–Crippen LogP) is 3.52. The van der Waals surface area contributed by atoms with Crippen LogP contribution in [-0.2, 0) is 9.53 Å². The van der Waals surface area contributed by atoms with E-state index >= 15 is 0 Å². The quantitative estimate of drug-likeness (QED) is 0.422. The Kier molecular flexibility index (Phi) is 8.08. The van der Waals surface area contributed by atoms with Crippen LogP contribution in [0.4, 0.5) is 11.4 Å². The molecule has 10 nitrogen and oxygen atoms in total. The summed E-state index contributed by atoms with van der Waals surface area (Å²) >= 11 is 0. The molecule has 1 amide bonds. The largest absolute Gasteiger partial charge is 0.497 e. The minimum atomic E-state index is -0.548. The molecule has 1 aromatic heterocycles. The number of aromatic nitrogens is 1. The predicted molar refractivity (Wildman–Crippen MR) is 142 cm³/mol. The molecule has 1 aliphatic rings. The van der Waals surface area contributed by atoms with Gasteiger partial charge < -0.3 is 34.1 Å². The van der Waals surface area contributed by atoms with Crippen molar-refractivity contribution in [3.63, 3.8) is 0 Å². The number of amides is 1. The van der Waals surface area contributed by atoms with Gasteiger partial charge in [-0.15, -0.1) is 0 Å². The highest BCUT2D eigenvalue weighted by molar-refractivity contribution is 6.11. The van der Waals surface area contributed by atoms with Crippen LogP contribution in [-0.4, -0.2) is 81.9 Å². The molecule has 2 aromatic carbocycles. The number of hydrogen-bond donors (Lipinski definition) is 2. The van der Waals surface area contributed by atoms with Gasteiger partial charge in [0.1, 0.15) is 11.4 Å². The first-order chi connectivity index (χ1) is 17.9. The molecule has 4 rings (SSSR count). The van der Waals surface area contributed by atoms with Crippen molar-refractivity contribution in [3.8, 4) is 17.2 Å². The Balaban J connectivity index is 1.49. The van der Waals surface area contributed by atoms with Crippen LogP contribution >= 0.6 is 0 Å². The van der Waals surface area contributed by atoms with Gasteiger partial charge in [0.15, 0.2) is 11.5 Å². The summed E-state index contributed by atoms with van der Waals surface area (Å²) < 4.78 is 21.3. The van der Waals surface area contributed by atoms with Crippen molar-refractivity contribution >= 4 is 34.2 Å². The maximum absolute atomic E-state index is 13.2. The van der Waals surface area contributed by atoms with Gasteiger partial charge in [0, 0.05) is 42.8 Å². The Morgan fingerprint density at radius 2 is 1.73 bits per heavy atom. The van der Waals surface area contributed by atoms with E-state index in [-0.39, 0.29) is 30.8 Å². The zero-order chi connectivity index (χ0) is 26.5. The number of nitrogens with zero attached hydrogens (tertiary/aromatic N) is 2. The van der Waals surface area contributed by atoms with E-state index in [1.165, 1.54) is 14.2 Å². The first-order valence-corrected chi connectivity index (χ1v) is 12.3. The summed E-state index contributed by atoms with van der Waals surface area (Å²) in [5, 5.41) is 3.57. The van der Waals surface area contributed by atoms with Crippen LogP contribution in [0.5, 0.6) is 17.2 Å². The number of anilines is 2. The Bertz CT molecular complexity index is 1260. The molecule has 0 spiro atoms. The maximum atomic E-state index is 13.2. The molecule has 10 heteroatoms. The average molecular weight is 511 g/mol. The van der Waals surface area contributed by atoms with Crippen LogP contribution < -0.4 is 24.4 Å². The molecule has 198 valence electrons. The number of rotatable bonds is 9. The van der Waals surface area contributed by atoms with Gasteiger partial charge in [-0.25, -0.2) is 4.79 Å². The van der Waals surface area contributed by atoms with Crippen molar-refractivity contribution in [1.29, 1.82) is 0 Å². The summed E-state index contributed by atoms with van der Waals surface area (Å²) in [7, 11) is 4.73. The highest BCUT2D eigenvalue weighted by Gasteiger charge is 2.27. The summed E-state index contributed by atoms with van der Waals surface area (Å²) in [6.45, 7) is 6.53. The number of fused-ring (bicyclic) bond motifs is 1. The molecule has 0 aliphatic carbocycles. The van der Waals surface area contributed by atoms with Crippen molar-refractivity contribution in [1.82, 2.24) is 9.88 Å². The second-order valence-corrected chi connectivity index (χ2v) is 8.87. The van der Waals surface area contributed by atoms with Crippen LogP contribution in [0.1, 0.15) is 24.3 Å². The standard InChI is InChI=1S/C27H34N4O6/c1-6-37-27(33)26-25(20-13-22(35-4)23(36-5)14-21(20)28-26)29-24(32)16-30-11-12-31(17(2)15-30)18-7-9-19(34-3)10-8-18/h7-10,13-14,17,28H,6,11-12,15-16H2,1-5H3,(H,29,32)/t17-/m0/s1. The van der Waals surface area contributed by atoms with Crippen LogP contribution in [0, 0.1) is 0 Å². The first-order valence-electron chi connectivity index (χ1n) is 12.3. The molecule has 2 N–H and O–H groups in total. The van der Waals surface area contributed by atoms with E-state index in [0.29, 0.717) is 28.1 Å². The van der Waals surface area contributed by atoms with Crippen molar-refractivity contribution in [2.75, 3.05) is 64.3 Å². The molecule has 1 atom stereocenters. The molecular weight excluding hydrogens is 476 g/mol. The molecule has 2 heterocycles. The van der Waals surface area contributed by atoms with Crippen molar-refractivity contribution in [3.05, 3.63) is 42.1 Å². The lowest BCUT2D eigenvalue weighted by Gasteiger charge is -2.41. The second-order valence-electron chi connectivity index (χ2n) is 8.87. The van der Waals surface area contributed by atoms with E-state index in [9.17, 15) is 9.59 Å². The van der Waals surface area contributed by atoms with Crippen molar-refractivity contribution < 1.29 is 28.5 Å². The lowest BCUT2D eigenvalue weighted by Crippen LogP contribution is -2.53. The second kappa shape index (κ2) is 11.4. The molecule has 0 radical (unpaired) electrons. The molecular formula is C27H34N4O6. The number of hydrogen-bond acceptors (Lipinski definition) is 8. The summed E-state index contributed by atoms with van der Waals surface area (Å²) in [6, 6.07) is 11.7. The topological polar surface area (TPSA) is 105 Å². The summed E-state index contributed by atoms with van der Waals surface area (Å²) in [6.07, 6.45) is 0. The first kappa shape index (κ1) is 26.2. The van der Waals surface area contributed by atoms with E-state index in [1.54, 1.807) is 26.2 Å². The number of aromatic amines is 1. The Morgan fingerprint density at radius 1 is 1.03 bits per heavy atom. The van der Waals surface area contributed by atoms with Gasteiger partial charge in [-0.3, -0.25) is 9.69 Å². The average Bonchev–Trinajstić information content (AvgIpc) is 3.25. The lowest BCUT2D eigenvalue weighted by molar-refractivity contribution is -0.117. The number of H-pyrrole nitrogens is 1. The molecule has 1 fully saturated rings. The van der Waals surface area contributed by atoms with E-state index in [0.717, 1.165) is 31.1 Å². The SMILES string of the molecule is CCOC(=O)c1[nH]c2cc(OC)c(OC)cc2c1NC(=O)CN1CCN(c2ccc(OC)cc2)[C@@H](C)C1. The zero-order valence-corrected chi connectivity index (χ0v) is 21.9. The highest BCUT2D eigenvalue weighted by Crippen LogP contribution is 2.37. The molecule has 0 unspecified atom stereocenters. The summed E-state index contributed by atoms with van der Waals surface area (Å²) in [5.41, 5.74) is 2.29. The fourth-order valence-corrected chi connectivity index (χ4v) is 4.72. The Morgan fingerprint density at radius 3 is 2.35 bits per heavy atom. The number of nitrogens with one attached hydrogen (secondary N) is 2. The van der Waals surface area contributed by atoms with Gasteiger partial charge >= 0.3 is 5.97 Å². The number of piperazine rings is 1. The third-order valence-corrected chi connectivity index (χ3v) is 6.53. The molecule has 0 bridgehead atoms. The van der Waals surface area contributed by atoms with Gasteiger partial charge in [-0.1, -0.05) is 0 Å². The van der Waals surface area contributed by atoms with Gasteiger partial charge in [0.2, 0.25) is 5.91 Å². The van der Waals surface area contributed by atoms with Crippen LogP contribution in [0.15, 0.2) is 36.4 Å². The molecule has 3 aromatic rings. The van der Waals surface area contributed by atoms with Crippen molar-refractivity contribution in [2.45, 2.75) is 19.9 Å². The van der Waals surface area contributed by atoms with Gasteiger partial charge in [-0.05, 0) is 44.2 Å². The van der Waals surface area contributed by atoms with Gasteiger partial charge in [0.05, 0.1) is 45.7 Å².